The lowest BCUT2D eigenvalue weighted by Gasteiger charge is -2.17. The number of likely N-dealkylation sites (tertiary alicyclic amines) is 1. The molecule has 2 aromatic rings. The summed E-state index contributed by atoms with van der Waals surface area (Å²) in [6.45, 7) is 2.36. The molecule has 1 fully saturated rings. The molecule has 5 heteroatoms. The van der Waals surface area contributed by atoms with E-state index in [0.29, 0.717) is 6.54 Å². The van der Waals surface area contributed by atoms with Gasteiger partial charge in [-0.15, -0.1) is 0 Å². The fraction of sp³-hybridized carbons (Fsp3) is 0.312. The highest BCUT2D eigenvalue weighted by molar-refractivity contribution is 9.10. The molecule has 0 bridgehead atoms. The van der Waals surface area contributed by atoms with E-state index in [1.165, 1.54) is 6.07 Å². The Bertz CT molecular complexity index is 569. The summed E-state index contributed by atoms with van der Waals surface area (Å²) >= 11 is 3.43. The van der Waals surface area contributed by atoms with Gasteiger partial charge in [0.2, 0.25) is 0 Å². The van der Waals surface area contributed by atoms with Gasteiger partial charge in [-0.2, -0.15) is 0 Å². The van der Waals surface area contributed by atoms with Crippen molar-refractivity contribution in [1.29, 1.82) is 0 Å². The molecule has 2 heterocycles. The average molecular weight is 351 g/mol. The third-order valence-electron chi connectivity index (χ3n) is 3.61. The normalized spacial score (nSPS) is 18.9. The maximum absolute atomic E-state index is 13.7. The van der Waals surface area contributed by atoms with Crippen LogP contribution < -0.4 is 4.74 Å². The topological polar surface area (TPSA) is 25.4 Å². The number of halogens is 2. The van der Waals surface area contributed by atoms with Gasteiger partial charge in [-0.1, -0.05) is 18.2 Å². The molecule has 0 saturated carbocycles. The predicted octanol–water partition coefficient (Wildman–Crippen LogP) is 3.64. The number of ether oxygens (including phenoxy) is 1. The summed E-state index contributed by atoms with van der Waals surface area (Å²) in [6.07, 6.45) is 4.52. The summed E-state index contributed by atoms with van der Waals surface area (Å²) in [5.41, 5.74) is 0.739. The molecule has 1 saturated heterocycles. The Morgan fingerprint density at radius 3 is 3.00 bits per heavy atom. The number of aromatic nitrogens is 1. The first kappa shape index (κ1) is 14.5. The van der Waals surface area contributed by atoms with E-state index in [1.54, 1.807) is 18.5 Å². The molecule has 21 heavy (non-hydrogen) atoms. The Morgan fingerprint density at radius 1 is 1.33 bits per heavy atom. The van der Waals surface area contributed by atoms with Crippen molar-refractivity contribution >= 4 is 15.9 Å². The van der Waals surface area contributed by atoms with E-state index in [-0.39, 0.29) is 11.9 Å². The summed E-state index contributed by atoms with van der Waals surface area (Å²) < 4.78 is 20.5. The van der Waals surface area contributed by atoms with Gasteiger partial charge in [0.05, 0.1) is 4.47 Å². The number of hydrogen-bond donors (Lipinski definition) is 0. The molecular weight excluding hydrogens is 335 g/mol. The zero-order valence-electron chi connectivity index (χ0n) is 11.5. The van der Waals surface area contributed by atoms with Crippen LogP contribution in [-0.2, 0) is 6.54 Å². The van der Waals surface area contributed by atoms with Gasteiger partial charge in [0, 0.05) is 37.6 Å². The first-order valence-corrected chi connectivity index (χ1v) is 7.73. The molecule has 110 valence electrons. The van der Waals surface area contributed by atoms with Gasteiger partial charge < -0.3 is 4.74 Å². The Labute approximate surface area is 131 Å². The van der Waals surface area contributed by atoms with Gasteiger partial charge in [-0.25, -0.2) is 4.39 Å². The molecule has 1 unspecified atom stereocenters. The number of rotatable bonds is 4. The third kappa shape index (κ3) is 3.60. The number of pyridine rings is 1. The minimum absolute atomic E-state index is 0.135. The van der Waals surface area contributed by atoms with Crippen LogP contribution in [0.2, 0.25) is 0 Å². The SMILES string of the molecule is Fc1ccccc1CN1CCC(Oc2ccncc2Br)C1. The van der Waals surface area contributed by atoms with Crippen LogP contribution in [0.1, 0.15) is 12.0 Å². The molecule has 0 radical (unpaired) electrons. The number of nitrogens with zero attached hydrogens (tertiary/aromatic N) is 2. The Kier molecular flexibility index (Phi) is 4.51. The van der Waals surface area contributed by atoms with Crippen LogP contribution in [0.4, 0.5) is 4.39 Å². The predicted molar refractivity (Wildman–Crippen MR) is 82.6 cm³/mol. The van der Waals surface area contributed by atoms with Gasteiger partial charge in [0.1, 0.15) is 17.7 Å². The highest BCUT2D eigenvalue weighted by Gasteiger charge is 2.25. The molecule has 0 N–H and O–H groups in total. The van der Waals surface area contributed by atoms with Crippen molar-refractivity contribution in [2.45, 2.75) is 19.1 Å². The summed E-state index contributed by atoms with van der Waals surface area (Å²) in [5, 5.41) is 0. The zero-order chi connectivity index (χ0) is 14.7. The molecule has 1 aliphatic heterocycles. The summed E-state index contributed by atoms with van der Waals surface area (Å²) in [6, 6.07) is 8.78. The van der Waals surface area contributed by atoms with E-state index >= 15 is 0 Å². The number of benzene rings is 1. The second kappa shape index (κ2) is 6.54. The Morgan fingerprint density at radius 2 is 2.19 bits per heavy atom. The van der Waals surface area contributed by atoms with Crippen LogP contribution in [0.25, 0.3) is 0 Å². The molecule has 3 rings (SSSR count). The van der Waals surface area contributed by atoms with Gasteiger partial charge in [0.25, 0.3) is 0 Å². The smallest absolute Gasteiger partial charge is 0.137 e. The molecule has 1 atom stereocenters. The van der Waals surface area contributed by atoms with Crippen LogP contribution >= 0.6 is 15.9 Å². The highest BCUT2D eigenvalue weighted by atomic mass is 79.9. The maximum Gasteiger partial charge on any atom is 0.137 e. The molecule has 0 spiro atoms. The fourth-order valence-corrected chi connectivity index (χ4v) is 2.89. The largest absolute Gasteiger partial charge is 0.488 e. The first-order chi connectivity index (χ1) is 10.2. The molecule has 0 aliphatic carbocycles. The fourth-order valence-electron chi connectivity index (χ4n) is 2.54. The lowest BCUT2D eigenvalue weighted by Crippen LogP contribution is -2.25. The van der Waals surface area contributed by atoms with E-state index in [0.717, 1.165) is 35.3 Å². The van der Waals surface area contributed by atoms with Gasteiger partial charge in [-0.05, 0) is 34.5 Å². The monoisotopic (exact) mass is 350 g/mol. The van der Waals surface area contributed by atoms with Gasteiger partial charge >= 0.3 is 0 Å². The van der Waals surface area contributed by atoms with Crippen molar-refractivity contribution < 1.29 is 9.13 Å². The number of hydrogen-bond acceptors (Lipinski definition) is 3. The quantitative estimate of drug-likeness (QED) is 0.841. The van der Waals surface area contributed by atoms with Crippen LogP contribution in [-0.4, -0.2) is 29.1 Å². The first-order valence-electron chi connectivity index (χ1n) is 6.94. The maximum atomic E-state index is 13.7. The minimum atomic E-state index is -0.140. The Balaban J connectivity index is 1.59. The van der Waals surface area contributed by atoms with Crippen LogP contribution in [0.15, 0.2) is 47.2 Å². The molecule has 1 aromatic heterocycles. The molecule has 3 nitrogen and oxygen atoms in total. The van der Waals surface area contributed by atoms with Gasteiger partial charge in [0.15, 0.2) is 0 Å². The molecule has 1 aliphatic rings. The van der Waals surface area contributed by atoms with E-state index in [1.807, 2.05) is 18.2 Å². The van der Waals surface area contributed by atoms with Crippen LogP contribution in [0.5, 0.6) is 5.75 Å². The molecule has 1 aromatic carbocycles. The van der Waals surface area contributed by atoms with Crippen molar-refractivity contribution in [2.24, 2.45) is 0 Å². The lowest BCUT2D eigenvalue weighted by atomic mass is 10.2. The lowest BCUT2D eigenvalue weighted by molar-refractivity contribution is 0.196. The summed E-state index contributed by atoms with van der Waals surface area (Å²) in [5.74, 6) is 0.668. The van der Waals surface area contributed by atoms with Crippen molar-refractivity contribution in [3.8, 4) is 5.75 Å². The van der Waals surface area contributed by atoms with Crippen molar-refractivity contribution in [1.82, 2.24) is 9.88 Å². The van der Waals surface area contributed by atoms with E-state index < -0.39 is 0 Å². The van der Waals surface area contributed by atoms with Crippen molar-refractivity contribution in [2.75, 3.05) is 13.1 Å². The molecular formula is C16H16BrFN2O. The van der Waals surface area contributed by atoms with E-state index in [9.17, 15) is 4.39 Å². The average Bonchev–Trinajstić information content (AvgIpc) is 2.91. The van der Waals surface area contributed by atoms with Crippen molar-refractivity contribution in [3.05, 3.63) is 58.6 Å². The standard InChI is InChI=1S/C16H16BrFN2O/c17-14-9-19-7-5-16(14)21-13-6-8-20(11-13)10-12-3-1-2-4-15(12)18/h1-5,7,9,13H,6,8,10-11H2. The Hall–Kier alpha value is -1.46. The zero-order valence-corrected chi connectivity index (χ0v) is 13.1. The van der Waals surface area contributed by atoms with Crippen LogP contribution in [0.3, 0.4) is 0 Å². The summed E-state index contributed by atoms with van der Waals surface area (Å²) in [4.78, 5) is 6.24. The second-order valence-electron chi connectivity index (χ2n) is 5.16. The molecule has 0 amide bonds. The third-order valence-corrected chi connectivity index (χ3v) is 4.21. The van der Waals surface area contributed by atoms with E-state index in [4.69, 9.17) is 4.74 Å². The van der Waals surface area contributed by atoms with Crippen molar-refractivity contribution in [3.63, 3.8) is 0 Å². The summed E-state index contributed by atoms with van der Waals surface area (Å²) in [7, 11) is 0. The minimum Gasteiger partial charge on any atom is -0.488 e. The highest BCUT2D eigenvalue weighted by Crippen LogP contribution is 2.26. The van der Waals surface area contributed by atoms with Crippen LogP contribution in [0, 0.1) is 5.82 Å². The second-order valence-corrected chi connectivity index (χ2v) is 6.02. The van der Waals surface area contributed by atoms with E-state index in [2.05, 4.69) is 25.8 Å². The van der Waals surface area contributed by atoms with Gasteiger partial charge in [-0.3, -0.25) is 9.88 Å².